The number of aryl methyl sites for hydroxylation is 1. The van der Waals surface area contributed by atoms with Crippen LogP contribution in [-0.4, -0.2) is 27.0 Å². The van der Waals surface area contributed by atoms with E-state index >= 15 is 0 Å². The van der Waals surface area contributed by atoms with E-state index in [9.17, 15) is 5.11 Å². The number of hydrogen-bond acceptors (Lipinski definition) is 3. The van der Waals surface area contributed by atoms with Crippen LogP contribution in [0.5, 0.6) is 0 Å². The lowest BCUT2D eigenvalue weighted by Gasteiger charge is -2.44. The maximum Gasteiger partial charge on any atom is 0.111 e. The first-order valence-corrected chi connectivity index (χ1v) is 6.14. The van der Waals surface area contributed by atoms with Gasteiger partial charge in [-0.15, -0.1) is 0 Å². The van der Waals surface area contributed by atoms with Crippen molar-refractivity contribution < 1.29 is 5.11 Å². The normalized spacial score (nSPS) is 38.6. The smallest absolute Gasteiger partial charge is 0.111 e. The Morgan fingerprint density at radius 3 is 2.69 bits per heavy atom. The molecular weight excluding hydrogens is 202 g/mol. The molecule has 4 heteroatoms. The molecule has 3 rings (SSSR count). The summed E-state index contributed by atoms with van der Waals surface area (Å²) in [6, 6.07) is 2.89. The third-order valence-electron chi connectivity index (χ3n) is 3.94. The maximum atomic E-state index is 10.7. The van der Waals surface area contributed by atoms with E-state index in [2.05, 4.69) is 10.4 Å². The van der Waals surface area contributed by atoms with Gasteiger partial charge in [-0.3, -0.25) is 4.68 Å². The standard InChI is InChI=1S/C12H19N3O/c1-15-6-5-11(14-15)12(16)7-9-3-2-4-10(8-12)13-9/h5-6,9-10,13,16H,2-4,7-8H2,1H3. The zero-order chi connectivity index (χ0) is 11.2. The van der Waals surface area contributed by atoms with Crippen LogP contribution < -0.4 is 5.32 Å². The van der Waals surface area contributed by atoms with Gasteiger partial charge in [0.25, 0.3) is 0 Å². The van der Waals surface area contributed by atoms with E-state index in [0.717, 1.165) is 18.5 Å². The maximum absolute atomic E-state index is 10.7. The predicted molar refractivity (Wildman–Crippen MR) is 60.9 cm³/mol. The second kappa shape index (κ2) is 3.57. The van der Waals surface area contributed by atoms with Crippen molar-refractivity contribution in [3.8, 4) is 0 Å². The molecule has 2 aliphatic heterocycles. The Morgan fingerprint density at radius 1 is 1.44 bits per heavy atom. The lowest BCUT2D eigenvalue weighted by molar-refractivity contribution is -0.0395. The Balaban J connectivity index is 1.87. The number of piperidine rings is 2. The second-order valence-corrected chi connectivity index (χ2v) is 5.31. The van der Waals surface area contributed by atoms with Gasteiger partial charge in [0.15, 0.2) is 0 Å². The molecular formula is C12H19N3O. The van der Waals surface area contributed by atoms with Crippen molar-refractivity contribution in [3.05, 3.63) is 18.0 Å². The fourth-order valence-corrected chi connectivity index (χ4v) is 3.20. The van der Waals surface area contributed by atoms with Gasteiger partial charge < -0.3 is 10.4 Å². The second-order valence-electron chi connectivity index (χ2n) is 5.31. The molecule has 1 aromatic rings. The number of nitrogens with one attached hydrogen (secondary N) is 1. The van der Waals surface area contributed by atoms with Gasteiger partial charge in [0.2, 0.25) is 0 Å². The molecule has 2 fully saturated rings. The van der Waals surface area contributed by atoms with E-state index in [4.69, 9.17) is 0 Å². The highest BCUT2D eigenvalue weighted by Gasteiger charge is 2.42. The Hall–Kier alpha value is -0.870. The molecule has 2 bridgehead atoms. The van der Waals surface area contributed by atoms with Crippen molar-refractivity contribution in [2.45, 2.75) is 49.8 Å². The first-order valence-electron chi connectivity index (χ1n) is 6.14. The van der Waals surface area contributed by atoms with Crippen molar-refractivity contribution in [1.82, 2.24) is 15.1 Å². The van der Waals surface area contributed by atoms with Gasteiger partial charge in [-0.1, -0.05) is 6.42 Å². The summed E-state index contributed by atoms with van der Waals surface area (Å²) in [6.45, 7) is 0. The molecule has 1 aromatic heterocycles. The minimum atomic E-state index is -0.706. The monoisotopic (exact) mass is 221 g/mol. The van der Waals surface area contributed by atoms with Gasteiger partial charge in [-0.05, 0) is 31.7 Å². The zero-order valence-electron chi connectivity index (χ0n) is 9.69. The number of aliphatic hydroxyl groups is 1. The fourth-order valence-electron chi connectivity index (χ4n) is 3.20. The topological polar surface area (TPSA) is 50.1 Å². The van der Waals surface area contributed by atoms with Crippen LogP contribution in [0.3, 0.4) is 0 Å². The number of nitrogens with zero attached hydrogens (tertiary/aromatic N) is 2. The van der Waals surface area contributed by atoms with Crippen molar-refractivity contribution in [3.63, 3.8) is 0 Å². The molecule has 2 aliphatic rings. The quantitative estimate of drug-likeness (QED) is 0.741. The molecule has 2 unspecified atom stereocenters. The molecule has 0 aliphatic carbocycles. The Kier molecular flexibility index (Phi) is 2.30. The molecule has 4 nitrogen and oxygen atoms in total. The SMILES string of the molecule is Cn1ccc(C2(O)CC3CCCC(C2)N3)n1. The molecule has 88 valence electrons. The summed E-state index contributed by atoms with van der Waals surface area (Å²) in [6.07, 6.45) is 7.18. The summed E-state index contributed by atoms with van der Waals surface area (Å²) in [7, 11) is 1.90. The van der Waals surface area contributed by atoms with Gasteiger partial charge in [0.1, 0.15) is 5.60 Å². The van der Waals surface area contributed by atoms with Gasteiger partial charge >= 0.3 is 0 Å². The summed E-state index contributed by atoms with van der Waals surface area (Å²) in [4.78, 5) is 0. The molecule has 2 saturated heterocycles. The van der Waals surface area contributed by atoms with E-state index < -0.39 is 5.60 Å². The average molecular weight is 221 g/mol. The molecule has 0 radical (unpaired) electrons. The summed E-state index contributed by atoms with van der Waals surface area (Å²) in [5.41, 5.74) is 0.135. The van der Waals surface area contributed by atoms with Crippen molar-refractivity contribution in [1.29, 1.82) is 0 Å². The van der Waals surface area contributed by atoms with Gasteiger partial charge in [-0.2, -0.15) is 5.10 Å². The third-order valence-corrected chi connectivity index (χ3v) is 3.94. The summed E-state index contributed by atoms with van der Waals surface area (Å²) in [5, 5.41) is 18.7. The molecule has 3 heterocycles. The summed E-state index contributed by atoms with van der Waals surface area (Å²) >= 11 is 0. The lowest BCUT2D eigenvalue weighted by Crippen LogP contribution is -2.54. The zero-order valence-corrected chi connectivity index (χ0v) is 9.69. The summed E-state index contributed by atoms with van der Waals surface area (Å²) in [5.74, 6) is 0. The van der Waals surface area contributed by atoms with E-state index in [1.54, 1.807) is 4.68 Å². The molecule has 16 heavy (non-hydrogen) atoms. The fraction of sp³-hybridized carbons (Fsp3) is 0.750. The Bertz CT molecular complexity index is 375. The number of hydrogen-bond donors (Lipinski definition) is 2. The third kappa shape index (κ3) is 1.66. The first kappa shape index (κ1) is 10.3. The number of fused-ring (bicyclic) bond motifs is 2. The summed E-state index contributed by atoms with van der Waals surface area (Å²) < 4.78 is 1.77. The highest BCUT2D eigenvalue weighted by Crippen LogP contribution is 2.38. The van der Waals surface area contributed by atoms with Crippen LogP contribution in [0.15, 0.2) is 12.3 Å². The van der Waals surface area contributed by atoms with E-state index in [1.807, 2.05) is 19.3 Å². The molecule has 0 amide bonds. The lowest BCUT2D eigenvalue weighted by atomic mass is 9.76. The van der Waals surface area contributed by atoms with Crippen molar-refractivity contribution >= 4 is 0 Å². The molecule has 2 atom stereocenters. The number of aromatic nitrogens is 2. The van der Waals surface area contributed by atoms with E-state index in [-0.39, 0.29) is 0 Å². The van der Waals surface area contributed by atoms with Crippen molar-refractivity contribution in [2.24, 2.45) is 7.05 Å². The minimum absolute atomic E-state index is 0.472. The van der Waals surface area contributed by atoms with Crippen LogP contribution in [-0.2, 0) is 12.6 Å². The molecule has 0 saturated carbocycles. The van der Waals surface area contributed by atoms with E-state index in [0.29, 0.717) is 12.1 Å². The van der Waals surface area contributed by atoms with Crippen LogP contribution >= 0.6 is 0 Å². The van der Waals surface area contributed by atoms with Crippen LogP contribution in [0.2, 0.25) is 0 Å². The Morgan fingerprint density at radius 2 is 2.12 bits per heavy atom. The van der Waals surface area contributed by atoms with Crippen LogP contribution in [0.25, 0.3) is 0 Å². The molecule has 0 aromatic carbocycles. The molecule has 0 spiro atoms. The van der Waals surface area contributed by atoms with Crippen LogP contribution in [0.4, 0.5) is 0 Å². The van der Waals surface area contributed by atoms with Crippen LogP contribution in [0, 0.1) is 0 Å². The van der Waals surface area contributed by atoms with Gasteiger partial charge in [0, 0.05) is 25.3 Å². The predicted octanol–water partition coefficient (Wildman–Crippen LogP) is 0.912. The minimum Gasteiger partial charge on any atom is -0.383 e. The number of rotatable bonds is 1. The van der Waals surface area contributed by atoms with Crippen molar-refractivity contribution in [2.75, 3.05) is 0 Å². The first-order chi connectivity index (χ1) is 7.66. The highest BCUT2D eigenvalue weighted by atomic mass is 16.3. The average Bonchev–Trinajstić information content (AvgIpc) is 2.64. The van der Waals surface area contributed by atoms with E-state index in [1.165, 1.54) is 19.3 Å². The largest absolute Gasteiger partial charge is 0.383 e. The van der Waals surface area contributed by atoms with Crippen LogP contribution in [0.1, 0.15) is 37.8 Å². The van der Waals surface area contributed by atoms with Gasteiger partial charge in [-0.25, -0.2) is 0 Å². The molecule has 2 N–H and O–H groups in total. The van der Waals surface area contributed by atoms with Gasteiger partial charge in [0.05, 0.1) is 5.69 Å². The highest BCUT2D eigenvalue weighted by molar-refractivity contribution is 5.14. The Labute approximate surface area is 95.7 Å².